The number of benzene rings is 1. The smallest absolute Gasteiger partial charge is 0.210 e. The van der Waals surface area contributed by atoms with E-state index in [1.54, 1.807) is 12.1 Å². The zero-order valence-corrected chi connectivity index (χ0v) is 12.3. The highest BCUT2D eigenvalue weighted by atomic mass is 32.2. The predicted octanol–water partition coefficient (Wildman–Crippen LogP) is 1.93. The molecule has 0 aliphatic heterocycles. The molecule has 0 saturated heterocycles. The Balaban J connectivity index is 2.01. The maximum Gasteiger partial charge on any atom is 0.210 e. The van der Waals surface area contributed by atoms with Crippen molar-refractivity contribution < 1.29 is 12.8 Å². The summed E-state index contributed by atoms with van der Waals surface area (Å²) in [6.45, 7) is 0.735. The van der Waals surface area contributed by atoms with Gasteiger partial charge in [0.15, 0.2) is 0 Å². The van der Waals surface area contributed by atoms with Crippen LogP contribution >= 0.6 is 11.3 Å². The van der Waals surface area contributed by atoms with Crippen LogP contribution in [0.2, 0.25) is 0 Å². The second-order valence-electron chi connectivity index (χ2n) is 4.34. The van der Waals surface area contributed by atoms with Gasteiger partial charge in [-0.25, -0.2) is 17.9 Å². The van der Waals surface area contributed by atoms with Gasteiger partial charge in [-0.05, 0) is 29.1 Å². The number of hydrogen-bond acceptors (Lipinski definition) is 4. The molecule has 2 rings (SSSR count). The van der Waals surface area contributed by atoms with Gasteiger partial charge in [-0.15, -0.1) is 11.3 Å². The number of nitrogens with one attached hydrogen (secondary N) is 1. The highest BCUT2D eigenvalue weighted by Crippen LogP contribution is 2.28. The molecule has 2 aromatic rings. The highest BCUT2D eigenvalue weighted by molar-refractivity contribution is 7.89. The number of thiophene rings is 1. The fraction of sp³-hybridized carbons (Fsp3) is 0.231. The zero-order valence-electron chi connectivity index (χ0n) is 10.7. The molecular weight excluding hydrogens is 299 g/mol. The summed E-state index contributed by atoms with van der Waals surface area (Å²) in [7, 11) is -3.45. The molecule has 0 bridgehead atoms. The first kappa shape index (κ1) is 15.1. The number of nitrogens with two attached hydrogens (primary N) is 1. The van der Waals surface area contributed by atoms with Gasteiger partial charge in [-0.1, -0.05) is 12.1 Å². The van der Waals surface area contributed by atoms with Gasteiger partial charge >= 0.3 is 0 Å². The molecular formula is C13H15FN2O2S2. The minimum absolute atomic E-state index is 0.119. The minimum Gasteiger partial charge on any atom is -0.312 e. The maximum absolute atomic E-state index is 13.8. The third-order valence-corrected chi connectivity index (χ3v) is 4.39. The van der Waals surface area contributed by atoms with Gasteiger partial charge in [-0.2, -0.15) is 0 Å². The summed E-state index contributed by atoms with van der Waals surface area (Å²) < 4.78 is 35.3. The molecule has 0 unspecified atom stereocenters. The molecule has 1 aromatic heterocycles. The van der Waals surface area contributed by atoms with Crippen LogP contribution in [0.4, 0.5) is 4.39 Å². The molecule has 1 heterocycles. The summed E-state index contributed by atoms with van der Waals surface area (Å²) in [5.74, 6) is -0.382. The van der Waals surface area contributed by atoms with Crippen LogP contribution in [0.5, 0.6) is 0 Å². The third-order valence-electron chi connectivity index (χ3n) is 2.71. The van der Waals surface area contributed by atoms with E-state index in [1.807, 2.05) is 17.5 Å². The van der Waals surface area contributed by atoms with Crippen molar-refractivity contribution in [3.05, 3.63) is 47.1 Å². The molecule has 0 amide bonds. The van der Waals surface area contributed by atoms with E-state index in [1.165, 1.54) is 17.4 Å². The molecule has 3 N–H and O–H groups in total. The minimum atomic E-state index is -3.45. The van der Waals surface area contributed by atoms with Crippen LogP contribution in [0.25, 0.3) is 10.4 Å². The Morgan fingerprint density at radius 2 is 2.10 bits per heavy atom. The van der Waals surface area contributed by atoms with E-state index < -0.39 is 10.0 Å². The van der Waals surface area contributed by atoms with Crippen molar-refractivity contribution in [2.24, 2.45) is 5.14 Å². The fourth-order valence-corrected chi connectivity index (χ4v) is 2.92. The van der Waals surface area contributed by atoms with Crippen LogP contribution in [-0.2, 0) is 16.6 Å². The van der Waals surface area contributed by atoms with Crippen LogP contribution in [0.15, 0.2) is 35.7 Å². The third kappa shape index (κ3) is 4.38. The Morgan fingerprint density at radius 3 is 2.75 bits per heavy atom. The van der Waals surface area contributed by atoms with Crippen LogP contribution < -0.4 is 10.5 Å². The lowest BCUT2D eigenvalue weighted by Gasteiger charge is -2.07. The summed E-state index contributed by atoms with van der Waals surface area (Å²) in [5, 5.41) is 9.77. The van der Waals surface area contributed by atoms with E-state index in [-0.39, 0.29) is 18.1 Å². The van der Waals surface area contributed by atoms with Crippen molar-refractivity contribution in [1.29, 1.82) is 0 Å². The zero-order chi connectivity index (χ0) is 14.6. The lowest BCUT2D eigenvalue weighted by Crippen LogP contribution is -2.26. The summed E-state index contributed by atoms with van der Waals surface area (Å²) in [6, 6.07) is 8.60. The van der Waals surface area contributed by atoms with Gasteiger partial charge in [0.2, 0.25) is 10.0 Å². The topological polar surface area (TPSA) is 72.2 Å². The maximum atomic E-state index is 13.8. The monoisotopic (exact) mass is 314 g/mol. The molecule has 7 heteroatoms. The van der Waals surface area contributed by atoms with Gasteiger partial charge in [0.25, 0.3) is 0 Å². The number of hydrogen-bond donors (Lipinski definition) is 2. The van der Waals surface area contributed by atoms with Crippen LogP contribution in [0.1, 0.15) is 5.56 Å². The summed E-state index contributed by atoms with van der Waals surface area (Å²) >= 11 is 1.47. The van der Waals surface area contributed by atoms with Crippen molar-refractivity contribution in [1.82, 2.24) is 5.32 Å². The molecule has 0 saturated carbocycles. The van der Waals surface area contributed by atoms with Crippen molar-refractivity contribution in [3.63, 3.8) is 0 Å². The molecule has 20 heavy (non-hydrogen) atoms. The fourth-order valence-electron chi connectivity index (χ4n) is 1.75. The standard InChI is InChI=1S/C13H15FN2O2S2/c14-12-4-3-10(9-16-5-7-20(15,17)18)8-11(12)13-2-1-6-19-13/h1-4,6,8,16H,5,7,9H2,(H2,15,17,18). The summed E-state index contributed by atoms with van der Waals surface area (Å²) in [6.07, 6.45) is 0. The van der Waals surface area contributed by atoms with Crippen molar-refractivity contribution in [2.75, 3.05) is 12.3 Å². The average molecular weight is 314 g/mol. The Bertz CT molecular complexity index is 670. The normalized spacial score (nSPS) is 11.7. The predicted molar refractivity (Wildman–Crippen MR) is 79.4 cm³/mol. The molecule has 108 valence electrons. The molecule has 0 aliphatic carbocycles. The Hall–Kier alpha value is -1.28. The molecule has 0 atom stereocenters. The van der Waals surface area contributed by atoms with Crippen LogP contribution in [-0.4, -0.2) is 20.7 Å². The van der Waals surface area contributed by atoms with Gasteiger partial charge in [0.1, 0.15) is 5.82 Å². The number of rotatable bonds is 6. The van der Waals surface area contributed by atoms with E-state index in [4.69, 9.17) is 5.14 Å². The van der Waals surface area contributed by atoms with E-state index in [0.29, 0.717) is 12.1 Å². The van der Waals surface area contributed by atoms with Crippen LogP contribution in [0.3, 0.4) is 0 Å². The quantitative estimate of drug-likeness (QED) is 0.800. The Morgan fingerprint density at radius 1 is 1.30 bits per heavy atom. The van der Waals surface area contributed by atoms with E-state index in [9.17, 15) is 12.8 Å². The van der Waals surface area contributed by atoms with E-state index in [0.717, 1.165) is 10.4 Å². The molecule has 0 aliphatic rings. The average Bonchev–Trinajstić information content (AvgIpc) is 2.89. The molecule has 0 radical (unpaired) electrons. The lowest BCUT2D eigenvalue weighted by molar-refractivity contribution is 0.592. The lowest BCUT2D eigenvalue weighted by atomic mass is 10.1. The number of halogens is 1. The highest BCUT2D eigenvalue weighted by Gasteiger charge is 2.07. The van der Waals surface area contributed by atoms with Gasteiger partial charge in [0, 0.05) is 23.5 Å². The number of primary sulfonamides is 1. The van der Waals surface area contributed by atoms with E-state index >= 15 is 0 Å². The van der Waals surface area contributed by atoms with Crippen molar-refractivity contribution in [2.45, 2.75) is 6.54 Å². The van der Waals surface area contributed by atoms with Gasteiger partial charge < -0.3 is 5.32 Å². The number of sulfonamides is 1. The van der Waals surface area contributed by atoms with Gasteiger partial charge in [0.05, 0.1) is 5.75 Å². The Labute approximate surface area is 121 Å². The molecule has 1 aromatic carbocycles. The van der Waals surface area contributed by atoms with Crippen molar-refractivity contribution in [3.8, 4) is 10.4 Å². The summed E-state index contributed by atoms with van der Waals surface area (Å²) in [4.78, 5) is 0.869. The van der Waals surface area contributed by atoms with E-state index in [2.05, 4.69) is 5.32 Å². The molecule has 0 fully saturated rings. The second kappa shape index (κ2) is 6.45. The Kier molecular flexibility index (Phi) is 4.87. The SMILES string of the molecule is NS(=O)(=O)CCNCc1ccc(F)c(-c2cccs2)c1. The van der Waals surface area contributed by atoms with Crippen molar-refractivity contribution >= 4 is 21.4 Å². The molecule has 0 spiro atoms. The van der Waals surface area contributed by atoms with Gasteiger partial charge in [-0.3, -0.25) is 0 Å². The first-order valence-electron chi connectivity index (χ1n) is 5.99. The summed E-state index contributed by atoms with van der Waals surface area (Å²) in [5.41, 5.74) is 1.45. The largest absolute Gasteiger partial charge is 0.312 e. The second-order valence-corrected chi connectivity index (χ2v) is 7.02. The van der Waals surface area contributed by atoms with Crippen LogP contribution in [0, 0.1) is 5.82 Å². The first-order chi connectivity index (χ1) is 9.46. The first-order valence-corrected chi connectivity index (χ1v) is 8.59. The molecule has 4 nitrogen and oxygen atoms in total.